The summed E-state index contributed by atoms with van der Waals surface area (Å²) in [6, 6.07) is 9.19. The lowest BCUT2D eigenvalue weighted by Gasteiger charge is -2.26. The zero-order valence-electron chi connectivity index (χ0n) is 14.8. The minimum Gasteiger partial charge on any atom is -0.355 e. The molecule has 2 aromatic rings. The fourth-order valence-corrected chi connectivity index (χ4v) is 5.12. The molecule has 5 nitrogen and oxygen atoms in total. The second-order valence-electron chi connectivity index (χ2n) is 8.01. The van der Waals surface area contributed by atoms with E-state index in [1.165, 1.54) is 30.4 Å². The molecule has 0 saturated heterocycles. The maximum absolute atomic E-state index is 12.7. The van der Waals surface area contributed by atoms with E-state index >= 15 is 0 Å². The number of rotatable bonds is 5. The van der Waals surface area contributed by atoms with Crippen LogP contribution in [0, 0.1) is 10.7 Å². The van der Waals surface area contributed by atoms with Crippen LogP contribution in [0.4, 0.5) is 0 Å². The highest BCUT2D eigenvalue weighted by Gasteiger charge is 2.59. The van der Waals surface area contributed by atoms with Gasteiger partial charge in [0.1, 0.15) is 5.82 Å². The van der Waals surface area contributed by atoms with E-state index in [4.69, 9.17) is 12.2 Å². The molecule has 1 amide bonds. The monoisotopic (exact) mass is 368 g/mol. The van der Waals surface area contributed by atoms with Crippen LogP contribution in [0.1, 0.15) is 55.1 Å². The number of amides is 1. The lowest BCUT2D eigenvalue weighted by Crippen LogP contribution is -2.31. The Balaban J connectivity index is 1.23. The predicted octanol–water partition coefficient (Wildman–Crippen LogP) is 3.23. The topological polar surface area (TPSA) is 62.7 Å². The number of hydrogen-bond acceptors (Lipinski definition) is 3. The van der Waals surface area contributed by atoms with Gasteiger partial charge in [0.25, 0.3) is 0 Å². The van der Waals surface area contributed by atoms with Crippen LogP contribution in [0.5, 0.6) is 0 Å². The molecule has 2 N–H and O–H groups in total. The van der Waals surface area contributed by atoms with Crippen molar-refractivity contribution in [1.29, 1.82) is 0 Å². The van der Waals surface area contributed by atoms with Crippen molar-refractivity contribution in [3.8, 4) is 0 Å². The summed E-state index contributed by atoms with van der Waals surface area (Å²) in [4.78, 5) is 12.7. The minimum absolute atomic E-state index is 0.104. The molecule has 2 fully saturated rings. The Kier molecular flexibility index (Phi) is 3.78. The Labute approximate surface area is 158 Å². The highest BCUT2D eigenvalue weighted by atomic mass is 32.1. The van der Waals surface area contributed by atoms with Crippen LogP contribution in [0.2, 0.25) is 0 Å². The molecule has 5 rings (SSSR count). The summed E-state index contributed by atoms with van der Waals surface area (Å²) in [5, 5.41) is 10.4. The second-order valence-corrected chi connectivity index (χ2v) is 8.40. The molecule has 1 spiro atoms. The van der Waals surface area contributed by atoms with Gasteiger partial charge < -0.3 is 9.88 Å². The third kappa shape index (κ3) is 2.62. The molecule has 0 bridgehead atoms. The quantitative estimate of drug-likeness (QED) is 0.797. The van der Waals surface area contributed by atoms with Crippen molar-refractivity contribution < 1.29 is 4.79 Å². The van der Waals surface area contributed by atoms with E-state index < -0.39 is 0 Å². The maximum atomic E-state index is 12.7. The Hall–Kier alpha value is -1.95. The molecule has 1 aromatic heterocycles. The first-order valence-electron chi connectivity index (χ1n) is 9.71. The second kappa shape index (κ2) is 6.05. The van der Waals surface area contributed by atoms with E-state index in [1.807, 2.05) is 0 Å². The van der Waals surface area contributed by atoms with Gasteiger partial charge in [0.05, 0.1) is 0 Å². The van der Waals surface area contributed by atoms with Crippen LogP contribution < -0.4 is 5.32 Å². The van der Waals surface area contributed by atoms with Gasteiger partial charge in [-0.05, 0) is 61.9 Å². The third-order valence-electron chi connectivity index (χ3n) is 6.35. The van der Waals surface area contributed by atoms with Crippen molar-refractivity contribution in [3.05, 3.63) is 46.0 Å². The Bertz CT molecular complexity index is 913. The SMILES string of the molecule is O=C(NCCc1n[nH]c(=S)n1C1CC1)[C@H]1C[C@@]12CCCc1ccccc12. The van der Waals surface area contributed by atoms with E-state index in [2.05, 4.69) is 44.3 Å². The van der Waals surface area contributed by atoms with Gasteiger partial charge in [-0.25, -0.2) is 0 Å². The average Bonchev–Trinajstić information content (AvgIpc) is 3.57. The smallest absolute Gasteiger partial charge is 0.224 e. The first-order valence-corrected chi connectivity index (χ1v) is 10.1. The first kappa shape index (κ1) is 16.2. The van der Waals surface area contributed by atoms with Crippen LogP contribution in [0.3, 0.4) is 0 Å². The number of hydrogen-bond donors (Lipinski definition) is 2. The molecule has 136 valence electrons. The lowest BCUT2D eigenvalue weighted by atomic mass is 9.78. The molecule has 2 atom stereocenters. The van der Waals surface area contributed by atoms with Gasteiger partial charge in [-0.2, -0.15) is 5.10 Å². The fourth-order valence-electron chi connectivity index (χ4n) is 4.82. The van der Waals surface area contributed by atoms with Crippen LogP contribution in [-0.4, -0.2) is 27.2 Å². The van der Waals surface area contributed by atoms with Crippen molar-refractivity contribution in [2.45, 2.75) is 56.4 Å². The van der Waals surface area contributed by atoms with Crippen molar-refractivity contribution >= 4 is 18.1 Å². The van der Waals surface area contributed by atoms with Crippen LogP contribution in [0.25, 0.3) is 0 Å². The number of carbonyl (C=O) groups excluding carboxylic acids is 1. The Morgan fingerprint density at radius 3 is 3.08 bits per heavy atom. The van der Waals surface area contributed by atoms with E-state index in [9.17, 15) is 4.79 Å². The van der Waals surface area contributed by atoms with Gasteiger partial charge in [-0.15, -0.1) is 0 Å². The van der Waals surface area contributed by atoms with Gasteiger partial charge in [0, 0.05) is 30.3 Å². The number of nitrogens with zero attached hydrogens (tertiary/aromatic N) is 2. The molecule has 0 radical (unpaired) electrons. The maximum Gasteiger partial charge on any atom is 0.224 e. The number of nitrogens with one attached hydrogen (secondary N) is 2. The van der Waals surface area contributed by atoms with Crippen molar-refractivity contribution in [2.75, 3.05) is 6.54 Å². The number of benzene rings is 1. The lowest BCUT2D eigenvalue weighted by molar-refractivity contribution is -0.122. The Morgan fingerprint density at radius 1 is 1.38 bits per heavy atom. The van der Waals surface area contributed by atoms with Crippen LogP contribution >= 0.6 is 12.2 Å². The summed E-state index contributed by atoms with van der Waals surface area (Å²) in [7, 11) is 0. The summed E-state index contributed by atoms with van der Waals surface area (Å²) in [5.74, 6) is 1.30. The fraction of sp³-hybridized carbons (Fsp3) is 0.550. The molecule has 0 aliphatic heterocycles. The first-order chi connectivity index (χ1) is 12.7. The van der Waals surface area contributed by atoms with E-state index in [0.29, 0.717) is 17.4 Å². The van der Waals surface area contributed by atoms with Crippen LogP contribution in [-0.2, 0) is 23.1 Å². The third-order valence-corrected chi connectivity index (χ3v) is 6.64. The zero-order chi connectivity index (χ0) is 17.7. The summed E-state index contributed by atoms with van der Waals surface area (Å²) in [6.45, 7) is 0.624. The summed E-state index contributed by atoms with van der Waals surface area (Å²) >= 11 is 5.32. The predicted molar refractivity (Wildman–Crippen MR) is 102 cm³/mol. The number of aryl methyl sites for hydroxylation is 1. The Morgan fingerprint density at radius 2 is 2.23 bits per heavy atom. The highest BCUT2D eigenvalue weighted by Crippen LogP contribution is 2.60. The number of aromatic nitrogens is 3. The molecule has 0 unspecified atom stereocenters. The molecular formula is C20H24N4OS. The molecule has 1 heterocycles. The van der Waals surface area contributed by atoms with Crippen molar-refractivity contribution in [2.24, 2.45) is 5.92 Å². The zero-order valence-corrected chi connectivity index (χ0v) is 15.6. The number of fused-ring (bicyclic) bond motifs is 2. The van der Waals surface area contributed by atoms with Gasteiger partial charge in [-0.1, -0.05) is 24.3 Å². The summed E-state index contributed by atoms with van der Waals surface area (Å²) in [6.07, 6.45) is 7.56. The van der Waals surface area contributed by atoms with Crippen molar-refractivity contribution in [3.63, 3.8) is 0 Å². The molecule has 2 saturated carbocycles. The van der Waals surface area contributed by atoms with E-state index in [-0.39, 0.29) is 17.2 Å². The van der Waals surface area contributed by atoms with E-state index in [1.54, 1.807) is 0 Å². The standard InChI is InChI=1S/C20H24N4OS/c25-18(21-11-9-17-22-23-19(26)24(17)14-7-8-14)16-12-20(16)10-3-5-13-4-1-2-6-15(13)20/h1-2,4,6,14,16H,3,5,7-12H2,(H,21,25)(H,23,26)/t16-,20-/m1/s1. The molecule has 1 aromatic carbocycles. The minimum atomic E-state index is 0.104. The summed E-state index contributed by atoms with van der Waals surface area (Å²) < 4.78 is 2.83. The van der Waals surface area contributed by atoms with E-state index in [0.717, 1.165) is 31.5 Å². The average molecular weight is 369 g/mol. The number of H-pyrrole nitrogens is 1. The van der Waals surface area contributed by atoms with Crippen LogP contribution in [0.15, 0.2) is 24.3 Å². The largest absolute Gasteiger partial charge is 0.355 e. The summed E-state index contributed by atoms with van der Waals surface area (Å²) in [5.41, 5.74) is 2.96. The molecular weight excluding hydrogens is 344 g/mol. The molecule has 3 aliphatic rings. The van der Waals surface area contributed by atoms with Gasteiger partial charge in [-0.3, -0.25) is 9.89 Å². The molecule has 26 heavy (non-hydrogen) atoms. The van der Waals surface area contributed by atoms with Gasteiger partial charge in [0.2, 0.25) is 5.91 Å². The molecule has 6 heteroatoms. The molecule has 3 aliphatic carbocycles. The number of carbonyl (C=O) groups is 1. The highest BCUT2D eigenvalue weighted by molar-refractivity contribution is 7.71. The van der Waals surface area contributed by atoms with Gasteiger partial charge >= 0.3 is 0 Å². The normalized spacial score (nSPS) is 26.5. The number of aromatic amines is 1. The van der Waals surface area contributed by atoms with Gasteiger partial charge in [0.15, 0.2) is 4.77 Å². The van der Waals surface area contributed by atoms with Crippen molar-refractivity contribution in [1.82, 2.24) is 20.1 Å².